The molecule has 1 aromatic carbocycles. The van der Waals surface area contributed by atoms with Crippen LogP contribution in [0.5, 0.6) is 5.75 Å². The van der Waals surface area contributed by atoms with Crippen LogP contribution in [0.25, 0.3) is 15.2 Å². The largest absolute Gasteiger partial charge is 0.496 e. The number of carboxylic acid groups (broad SMARTS) is 1. The molecule has 3 heterocycles. The number of ketones is 1. The van der Waals surface area contributed by atoms with Crippen LogP contribution in [-0.4, -0.2) is 48.1 Å². The molecular weight excluding hydrogens is 474 g/mol. The quantitative estimate of drug-likeness (QED) is 0.383. The van der Waals surface area contributed by atoms with E-state index in [0.717, 1.165) is 21.5 Å². The predicted molar refractivity (Wildman–Crippen MR) is 129 cm³/mol. The fourth-order valence-corrected chi connectivity index (χ4v) is 5.05. The zero-order valence-corrected chi connectivity index (χ0v) is 20.5. The average Bonchev–Trinajstić information content (AvgIpc) is 3.44. The van der Waals surface area contributed by atoms with Gasteiger partial charge in [-0.05, 0) is 39.8 Å². The fourth-order valence-electron chi connectivity index (χ4n) is 3.84. The van der Waals surface area contributed by atoms with E-state index in [9.17, 15) is 24.3 Å². The number of aryl methyl sites for hydroxylation is 2. The second kappa shape index (κ2) is 8.62. The van der Waals surface area contributed by atoms with Crippen LogP contribution in [0.1, 0.15) is 35.3 Å². The minimum absolute atomic E-state index is 0.125. The van der Waals surface area contributed by atoms with Crippen molar-refractivity contribution in [3.8, 4) is 10.8 Å². The van der Waals surface area contributed by atoms with E-state index in [1.54, 1.807) is 25.1 Å². The molecule has 0 atom stereocenters. The Hall–Kier alpha value is -4.06. The molecule has 0 spiro atoms. The number of hydrogen-bond donors (Lipinski definition) is 1. The summed E-state index contributed by atoms with van der Waals surface area (Å²) >= 11 is 1.07. The summed E-state index contributed by atoms with van der Waals surface area (Å²) in [6.45, 7) is 5.57. The molecule has 11 nitrogen and oxygen atoms in total. The average molecular weight is 498 g/mol. The number of fused-ring (bicyclic) bond motifs is 1. The standard InChI is InChI=1S/C23H23N5O6S/c1-12-6-7-16(34-5)14(10-12)15(29)11-26-20-17(13(2)19(35-20)28-24-8-9-25-28)18(30)27(22(26)33)23(3,4)21(31)32/h6-10H,11H2,1-5H3,(H,31,32). The molecular formula is C23H23N5O6S. The Kier molecular flexibility index (Phi) is 5.93. The smallest absolute Gasteiger partial charge is 0.333 e. The first kappa shape index (κ1) is 24.1. The molecule has 0 fully saturated rings. The first-order valence-corrected chi connectivity index (χ1v) is 11.4. The number of carboxylic acids is 1. The van der Waals surface area contributed by atoms with Gasteiger partial charge in [0.25, 0.3) is 5.56 Å². The predicted octanol–water partition coefficient (Wildman–Crippen LogP) is 2.13. The summed E-state index contributed by atoms with van der Waals surface area (Å²) in [6.07, 6.45) is 2.94. The molecule has 0 aliphatic heterocycles. The molecule has 0 aliphatic carbocycles. The number of carbonyl (C=O) groups is 2. The van der Waals surface area contributed by atoms with Crippen LogP contribution in [-0.2, 0) is 16.9 Å². The minimum atomic E-state index is -1.87. The molecule has 0 saturated heterocycles. The van der Waals surface area contributed by atoms with E-state index < -0.39 is 35.1 Å². The second-order valence-electron chi connectivity index (χ2n) is 8.53. The Morgan fingerprint density at radius 3 is 2.40 bits per heavy atom. The van der Waals surface area contributed by atoms with Crippen molar-refractivity contribution in [1.29, 1.82) is 0 Å². The molecule has 182 valence electrons. The summed E-state index contributed by atoms with van der Waals surface area (Å²) in [5, 5.41) is 18.6. The van der Waals surface area contributed by atoms with Gasteiger partial charge in [0.1, 0.15) is 21.1 Å². The van der Waals surface area contributed by atoms with Gasteiger partial charge in [-0.2, -0.15) is 10.2 Å². The molecule has 1 N–H and O–H groups in total. The highest BCUT2D eigenvalue weighted by molar-refractivity contribution is 7.21. The molecule has 0 amide bonds. The van der Waals surface area contributed by atoms with Gasteiger partial charge in [0, 0.05) is 5.56 Å². The van der Waals surface area contributed by atoms with Crippen molar-refractivity contribution < 1.29 is 19.4 Å². The summed E-state index contributed by atoms with van der Waals surface area (Å²) in [7, 11) is 1.44. The van der Waals surface area contributed by atoms with Crippen molar-refractivity contribution in [1.82, 2.24) is 24.1 Å². The first-order valence-electron chi connectivity index (χ1n) is 10.6. The van der Waals surface area contributed by atoms with Crippen molar-refractivity contribution in [3.05, 3.63) is 68.1 Å². The van der Waals surface area contributed by atoms with E-state index in [1.807, 2.05) is 6.92 Å². The summed E-state index contributed by atoms with van der Waals surface area (Å²) in [5.74, 6) is -1.46. The maximum atomic E-state index is 13.6. The Labute approximate surface area is 202 Å². The molecule has 0 bridgehead atoms. The van der Waals surface area contributed by atoms with Crippen molar-refractivity contribution in [2.75, 3.05) is 7.11 Å². The lowest BCUT2D eigenvalue weighted by Gasteiger charge is -2.23. The number of thiophene rings is 1. The van der Waals surface area contributed by atoms with Crippen LogP contribution < -0.4 is 16.0 Å². The van der Waals surface area contributed by atoms with Crippen LogP contribution in [0.15, 0.2) is 40.2 Å². The first-order chi connectivity index (χ1) is 16.5. The van der Waals surface area contributed by atoms with Crippen LogP contribution in [0, 0.1) is 13.8 Å². The maximum Gasteiger partial charge on any atom is 0.333 e. The van der Waals surface area contributed by atoms with E-state index in [2.05, 4.69) is 10.2 Å². The van der Waals surface area contributed by atoms with Crippen molar-refractivity contribution >= 4 is 33.3 Å². The molecule has 12 heteroatoms. The Bertz CT molecular complexity index is 1590. The second-order valence-corrected chi connectivity index (χ2v) is 9.51. The number of aliphatic carboxylic acids is 1. The lowest BCUT2D eigenvalue weighted by Crippen LogP contribution is -2.52. The van der Waals surface area contributed by atoms with Gasteiger partial charge in [0.05, 0.1) is 37.0 Å². The molecule has 0 unspecified atom stereocenters. The molecule has 4 aromatic rings. The lowest BCUT2D eigenvalue weighted by atomic mass is 10.1. The Morgan fingerprint density at radius 1 is 1.14 bits per heavy atom. The molecule has 3 aromatic heterocycles. The fraction of sp³-hybridized carbons (Fsp3) is 0.304. The van der Waals surface area contributed by atoms with Crippen molar-refractivity contribution in [2.45, 2.75) is 39.8 Å². The monoisotopic (exact) mass is 497 g/mol. The van der Waals surface area contributed by atoms with Crippen LogP contribution in [0.2, 0.25) is 0 Å². The van der Waals surface area contributed by atoms with Gasteiger partial charge in [-0.25, -0.2) is 14.2 Å². The third-order valence-electron chi connectivity index (χ3n) is 5.83. The van der Waals surface area contributed by atoms with Crippen molar-refractivity contribution in [2.24, 2.45) is 0 Å². The summed E-state index contributed by atoms with van der Waals surface area (Å²) in [4.78, 5) is 54.0. The van der Waals surface area contributed by atoms with Gasteiger partial charge in [0.2, 0.25) is 0 Å². The van der Waals surface area contributed by atoms with Crippen LogP contribution >= 0.6 is 11.3 Å². The summed E-state index contributed by atoms with van der Waals surface area (Å²) in [5.41, 5.74) is -1.98. The van der Waals surface area contributed by atoms with Gasteiger partial charge in [-0.3, -0.25) is 14.2 Å². The minimum Gasteiger partial charge on any atom is -0.496 e. The Balaban J connectivity index is 2.04. The van der Waals surface area contributed by atoms with Gasteiger partial charge < -0.3 is 9.84 Å². The number of hydrogen-bond acceptors (Lipinski definition) is 8. The number of benzene rings is 1. The highest BCUT2D eigenvalue weighted by Gasteiger charge is 2.35. The lowest BCUT2D eigenvalue weighted by molar-refractivity contribution is -0.146. The third kappa shape index (κ3) is 3.85. The number of nitrogens with zero attached hydrogens (tertiary/aromatic N) is 5. The van der Waals surface area contributed by atoms with Gasteiger partial charge in [-0.1, -0.05) is 23.0 Å². The zero-order valence-electron chi connectivity index (χ0n) is 19.7. The molecule has 35 heavy (non-hydrogen) atoms. The summed E-state index contributed by atoms with van der Waals surface area (Å²) < 4.78 is 7.13. The molecule has 0 saturated carbocycles. The topological polar surface area (TPSA) is 138 Å². The van der Waals surface area contributed by atoms with E-state index in [1.165, 1.54) is 38.1 Å². The number of Topliss-reactive ketones (excluding diaryl/α,β-unsaturated/α-hetero) is 1. The van der Waals surface area contributed by atoms with Crippen LogP contribution in [0.3, 0.4) is 0 Å². The van der Waals surface area contributed by atoms with E-state index in [4.69, 9.17) is 4.74 Å². The zero-order chi connectivity index (χ0) is 25.7. The normalized spacial score (nSPS) is 11.7. The van der Waals surface area contributed by atoms with E-state index >= 15 is 0 Å². The highest BCUT2D eigenvalue weighted by atomic mass is 32.1. The SMILES string of the molecule is COc1ccc(C)cc1C(=O)Cn1c(=O)n(C(C)(C)C(=O)O)c(=O)c2c(C)c(-n3nccn3)sc21. The number of aromatic nitrogens is 5. The molecule has 0 radical (unpaired) electrons. The summed E-state index contributed by atoms with van der Waals surface area (Å²) in [6, 6.07) is 5.10. The number of ether oxygens (including phenoxy) is 1. The Morgan fingerprint density at radius 2 is 1.80 bits per heavy atom. The van der Waals surface area contributed by atoms with Gasteiger partial charge in [0.15, 0.2) is 5.78 Å². The van der Waals surface area contributed by atoms with Crippen LogP contribution in [0.4, 0.5) is 0 Å². The molecule has 4 rings (SSSR count). The maximum absolute atomic E-state index is 13.6. The number of carbonyl (C=O) groups excluding carboxylic acids is 1. The van der Waals surface area contributed by atoms with Gasteiger partial charge >= 0.3 is 11.7 Å². The van der Waals surface area contributed by atoms with E-state index in [0.29, 0.717) is 20.9 Å². The third-order valence-corrected chi connectivity index (χ3v) is 7.11. The number of rotatable bonds is 7. The molecule has 0 aliphatic rings. The van der Waals surface area contributed by atoms with Crippen molar-refractivity contribution in [3.63, 3.8) is 0 Å². The number of methoxy groups -OCH3 is 1. The highest BCUT2D eigenvalue weighted by Crippen LogP contribution is 2.31. The van der Waals surface area contributed by atoms with E-state index in [-0.39, 0.29) is 15.8 Å². The van der Waals surface area contributed by atoms with Gasteiger partial charge in [-0.15, -0.1) is 4.80 Å².